The lowest BCUT2D eigenvalue weighted by Gasteiger charge is -2.00. The summed E-state index contributed by atoms with van der Waals surface area (Å²) in [4.78, 5) is 25.7. The number of imidazole rings is 1. The average Bonchev–Trinajstić information content (AvgIpc) is 2.47. The molecular formula is C6H7F2N3O2. The highest BCUT2D eigenvalue weighted by atomic mass is 19.3. The minimum atomic E-state index is -2.60. The van der Waals surface area contributed by atoms with Crippen LogP contribution in [0.25, 0.3) is 0 Å². The Hall–Kier alpha value is -1.66. The van der Waals surface area contributed by atoms with Crippen LogP contribution in [-0.4, -0.2) is 28.8 Å². The minimum Gasteiger partial charge on any atom is -0.345 e. The van der Waals surface area contributed by atoms with Crippen molar-refractivity contribution in [3.63, 3.8) is 0 Å². The number of hydrogen-bond acceptors (Lipinski definition) is 2. The smallest absolute Gasteiger partial charge is 0.323 e. The van der Waals surface area contributed by atoms with E-state index in [2.05, 4.69) is 9.97 Å². The van der Waals surface area contributed by atoms with Gasteiger partial charge in [0.15, 0.2) is 0 Å². The van der Waals surface area contributed by atoms with E-state index in [1.807, 2.05) is 5.32 Å². The number of rotatable bonds is 3. The molecule has 5 nitrogen and oxygen atoms in total. The van der Waals surface area contributed by atoms with Gasteiger partial charge in [0, 0.05) is 6.20 Å². The van der Waals surface area contributed by atoms with Crippen LogP contribution in [0.3, 0.4) is 0 Å². The molecule has 0 radical (unpaired) electrons. The molecule has 0 spiro atoms. The molecule has 1 heterocycles. The molecule has 1 amide bonds. The minimum absolute atomic E-state index is 0.0642. The summed E-state index contributed by atoms with van der Waals surface area (Å²) in [6.45, 7) is -0.730. The molecule has 0 aliphatic rings. The van der Waals surface area contributed by atoms with Crippen molar-refractivity contribution in [2.45, 2.75) is 6.43 Å². The van der Waals surface area contributed by atoms with E-state index in [0.29, 0.717) is 0 Å². The Morgan fingerprint density at radius 1 is 1.62 bits per heavy atom. The van der Waals surface area contributed by atoms with Crippen molar-refractivity contribution in [3.8, 4) is 0 Å². The summed E-state index contributed by atoms with van der Waals surface area (Å²) >= 11 is 0. The first-order valence-corrected chi connectivity index (χ1v) is 3.43. The summed E-state index contributed by atoms with van der Waals surface area (Å²) in [5.74, 6) is -0.737. The molecule has 0 aliphatic carbocycles. The Morgan fingerprint density at radius 3 is 2.77 bits per heavy atom. The number of H-pyrrole nitrogens is 2. The van der Waals surface area contributed by atoms with Crippen molar-refractivity contribution in [3.05, 3.63) is 22.4 Å². The Bertz CT molecular complexity index is 344. The van der Waals surface area contributed by atoms with Crippen LogP contribution in [0.1, 0.15) is 10.5 Å². The Labute approximate surface area is 71.2 Å². The summed E-state index contributed by atoms with van der Waals surface area (Å²) in [7, 11) is 0. The summed E-state index contributed by atoms with van der Waals surface area (Å²) < 4.78 is 23.2. The van der Waals surface area contributed by atoms with E-state index in [4.69, 9.17) is 0 Å². The van der Waals surface area contributed by atoms with Crippen LogP contribution in [0, 0.1) is 0 Å². The van der Waals surface area contributed by atoms with Crippen molar-refractivity contribution in [1.29, 1.82) is 0 Å². The maximum Gasteiger partial charge on any atom is 0.323 e. The van der Waals surface area contributed by atoms with E-state index in [0.717, 1.165) is 6.20 Å². The fourth-order valence-electron chi connectivity index (χ4n) is 0.720. The van der Waals surface area contributed by atoms with Crippen LogP contribution in [0.4, 0.5) is 8.78 Å². The molecule has 0 saturated carbocycles. The second kappa shape index (κ2) is 3.83. The van der Waals surface area contributed by atoms with Gasteiger partial charge in [-0.1, -0.05) is 0 Å². The van der Waals surface area contributed by atoms with Crippen LogP contribution in [0.2, 0.25) is 0 Å². The first-order chi connectivity index (χ1) is 6.09. The molecule has 13 heavy (non-hydrogen) atoms. The highest BCUT2D eigenvalue weighted by Gasteiger charge is 2.09. The Kier molecular flexibility index (Phi) is 2.78. The van der Waals surface area contributed by atoms with Crippen molar-refractivity contribution in [2.75, 3.05) is 6.54 Å². The third kappa shape index (κ3) is 2.69. The number of alkyl halides is 2. The van der Waals surface area contributed by atoms with E-state index < -0.39 is 24.6 Å². The van der Waals surface area contributed by atoms with E-state index >= 15 is 0 Å². The molecule has 1 aromatic rings. The lowest BCUT2D eigenvalue weighted by molar-refractivity contribution is 0.0887. The number of halogens is 2. The van der Waals surface area contributed by atoms with Crippen LogP contribution < -0.4 is 11.0 Å². The molecule has 0 unspecified atom stereocenters. The predicted molar refractivity (Wildman–Crippen MR) is 39.8 cm³/mol. The molecule has 0 atom stereocenters. The second-order valence-electron chi connectivity index (χ2n) is 2.26. The number of hydrogen-bond donors (Lipinski definition) is 3. The zero-order valence-corrected chi connectivity index (χ0v) is 6.43. The molecule has 0 fully saturated rings. The van der Waals surface area contributed by atoms with Gasteiger partial charge < -0.3 is 15.3 Å². The third-order valence-electron chi connectivity index (χ3n) is 1.26. The lowest BCUT2D eigenvalue weighted by Crippen LogP contribution is -2.29. The van der Waals surface area contributed by atoms with E-state index in [1.54, 1.807) is 0 Å². The fraction of sp³-hybridized carbons (Fsp3) is 0.333. The number of nitrogens with one attached hydrogen (secondary N) is 3. The first-order valence-electron chi connectivity index (χ1n) is 3.43. The topological polar surface area (TPSA) is 77.8 Å². The van der Waals surface area contributed by atoms with Gasteiger partial charge in [0.2, 0.25) is 0 Å². The molecule has 0 saturated heterocycles. The molecule has 0 aromatic carbocycles. The highest BCUT2D eigenvalue weighted by molar-refractivity contribution is 5.91. The van der Waals surface area contributed by atoms with Gasteiger partial charge in [0.1, 0.15) is 5.69 Å². The quantitative estimate of drug-likeness (QED) is 0.613. The Morgan fingerprint density at radius 2 is 2.31 bits per heavy atom. The normalized spacial score (nSPS) is 10.4. The van der Waals surface area contributed by atoms with Gasteiger partial charge in [-0.05, 0) is 0 Å². The molecule has 0 aliphatic heterocycles. The number of carbonyl (C=O) groups is 1. The molecule has 1 aromatic heterocycles. The summed E-state index contributed by atoms with van der Waals surface area (Å²) in [6.07, 6.45) is -1.49. The van der Waals surface area contributed by atoms with E-state index in [9.17, 15) is 18.4 Å². The molecule has 7 heteroatoms. The SMILES string of the molecule is O=C(NCC(F)F)c1c[nH]c(=O)[nH]1. The van der Waals surface area contributed by atoms with Crippen molar-refractivity contribution < 1.29 is 13.6 Å². The average molecular weight is 191 g/mol. The summed E-state index contributed by atoms with van der Waals surface area (Å²) in [5.41, 5.74) is -0.618. The predicted octanol–water partition coefficient (Wildman–Crippen LogP) is -0.302. The van der Waals surface area contributed by atoms with Crippen molar-refractivity contribution in [2.24, 2.45) is 0 Å². The number of aromatic nitrogens is 2. The molecular weight excluding hydrogens is 184 g/mol. The summed E-state index contributed by atoms with van der Waals surface area (Å²) in [5, 5.41) is 1.93. The van der Waals surface area contributed by atoms with Gasteiger partial charge in [-0.2, -0.15) is 0 Å². The number of carbonyl (C=O) groups excluding carboxylic acids is 1. The Balaban J connectivity index is 2.54. The van der Waals surface area contributed by atoms with Gasteiger partial charge in [-0.3, -0.25) is 4.79 Å². The van der Waals surface area contributed by atoms with Crippen LogP contribution in [0.15, 0.2) is 11.0 Å². The lowest BCUT2D eigenvalue weighted by atomic mass is 10.4. The maximum atomic E-state index is 11.6. The number of aromatic amines is 2. The van der Waals surface area contributed by atoms with Gasteiger partial charge in [-0.15, -0.1) is 0 Å². The molecule has 1 rings (SSSR count). The zero-order chi connectivity index (χ0) is 9.84. The molecule has 0 bridgehead atoms. The summed E-state index contributed by atoms with van der Waals surface area (Å²) in [6, 6.07) is 0. The maximum absolute atomic E-state index is 11.6. The fourth-order valence-corrected chi connectivity index (χ4v) is 0.720. The third-order valence-corrected chi connectivity index (χ3v) is 1.26. The molecule has 3 N–H and O–H groups in total. The van der Waals surface area contributed by atoms with Crippen molar-refractivity contribution in [1.82, 2.24) is 15.3 Å². The van der Waals surface area contributed by atoms with Crippen molar-refractivity contribution >= 4 is 5.91 Å². The standard InChI is InChI=1S/C6H7F2N3O2/c7-4(8)2-9-5(12)3-1-10-6(13)11-3/h1,4H,2H2,(H,9,12)(H2,10,11,13). The van der Waals surface area contributed by atoms with Crippen LogP contribution in [-0.2, 0) is 0 Å². The monoisotopic (exact) mass is 191 g/mol. The molecule has 72 valence electrons. The van der Waals surface area contributed by atoms with E-state index in [1.165, 1.54) is 0 Å². The largest absolute Gasteiger partial charge is 0.345 e. The van der Waals surface area contributed by atoms with Gasteiger partial charge in [0.05, 0.1) is 6.54 Å². The van der Waals surface area contributed by atoms with Crippen LogP contribution >= 0.6 is 0 Å². The second-order valence-corrected chi connectivity index (χ2v) is 2.26. The van der Waals surface area contributed by atoms with Gasteiger partial charge >= 0.3 is 5.69 Å². The highest BCUT2D eigenvalue weighted by Crippen LogP contribution is 1.91. The van der Waals surface area contributed by atoms with Gasteiger partial charge in [0.25, 0.3) is 12.3 Å². The van der Waals surface area contributed by atoms with Gasteiger partial charge in [-0.25, -0.2) is 13.6 Å². The zero-order valence-electron chi connectivity index (χ0n) is 6.43. The number of amides is 1. The first kappa shape index (κ1) is 9.43. The van der Waals surface area contributed by atoms with E-state index in [-0.39, 0.29) is 5.69 Å². The van der Waals surface area contributed by atoms with Crippen LogP contribution in [0.5, 0.6) is 0 Å².